The van der Waals surface area contributed by atoms with Crippen LogP contribution < -0.4 is 5.32 Å². The van der Waals surface area contributed by atoms with Crippen molar-refractivity contribution in [1.29, 1.82) is 0 Å². The molecule has 1 saturated carbocycles. The molecular formula is C14H22ClN3O. The zero-order valence-electron chi connectivity index (χ0n) is 11.6. The molecule has 0 unspecified atom stereocenters. The van der Waals surface area contributed by atoms with Gasteiger partial charge in [-0.2, -0.15) is 0 Å². The quantitative estimate of drug-likeness (QED) is 0.833. The largest absolute Gasteiger partial charge is 0.393 e. The summed E-state index contributed by atoms with van der Waals surface area (Å²) in [4.78, 5) is 8.39. The normalized spacial score (nSPS) is 27.3. The van der Waals surface area contributed by atoms with E-state index in [1.54, 1.807) is 0 Å². The highest BCUT2D eigenvalue weighted by Crippen LogP contribution is 2.32. The van der Waals surface area contributed by atoms with E-state index in [0.717, 1.165) is 49.9 Å². The molecule has 1 heterocycles. The van der Waals surface area contributed by atoms with Crippen LogP contribution in [0.25, 0.3) is 0 Å². The predicted molar refractivity (Wildman–Crippen MR) is 77.5 cm³/mol. The van der Waals surface area contributed by atoms with Crippen molar-refractivity contribution in [3.8, 4) is 0 Å². The second kappa shape index (κ2) is 6.06. The van der Waals surface area contributed by atoms with Crippen molar-refractivity contribution in [3.05, 3.63) is 17.0 Å². The highest BCUT2D eigenvalue weighted by atomic mass is 35.5. The Morgan fingerprint density at radius 3 is 2.79 bits per heavy atom. The van der Waals surface area contributed by atoms with Crippen LogP contribution in [0.2, 0.25) is 5.28 Å². The van der Waals surface area contributed by atoms with Crippen molar-refractivity contribution in [1.82, 2.24) is 9.97 Å². The zero-order valence-corrected chi connectivity index (χ0v) is 12.4. The Bertz CT molecular complexity index is 431. The van der Waals surface area contributed by atoms with Crippen molar-refractivity contribution in [2.24, 2.45) is 0 Å². The van der Waals surface area contributed by atoms with Crippen molar-refractivity contribution >= 4 is 17.4 Å². The van der Waals surface area contributed by atoms with Gasteiger partial charge in [-0.3, -0.25) is 0 Å². The van der Waals surface area contributed by atoms with E-state index in [9.17, 15) is 5.11 Å². The molecule has 1 aliphatic rings. The molecule has 0 aliphatic heterocycles. The topological polar surface area (TPSA) is 58.0 Å². The first-order valence-electron chi connectivity index (χ1n) is 7.00. The van der Waals surface area contributed by atoms with Gasteiger partial charge in [0.15, 0.2) is 0 Å². The first-order valence-corrected chi connectivity index (χ1v) is 7.38. The average Bonchev–Trinajstić information content (AvgIpc) is 2.37. The molecule has 4 nitrogen and oxygen atoms in total. The SMILES string of the molecule is CCCc1cnc(Cl)nc1NC1(C)CCC(O)CC1. The molecule has 0 atom stereocenters. The van der Waals surface area contributed by atoms with Gasteiger partial charge >= 0.3 is 0 Å². The van der Waals surface area contributed by atoms with Gasteiger partial charge in [-0.25, -0.2) is 9.97 Å². The lowest BCUT2D eigenvalue weighted by atomic mass is 9.82. The van der Waals surface area contributed by atoms with Gasteiger partial charge in [0, 0.05) is 17.3 Å². The molecule has 106 valence electrons. The van der Waals surface area contributed by atoms with Gasteiger partial charge in [-0.05, 0) is 50.6 Å². The zero-order chi connectivity index (χ0) is 13.9. The lowest BCUT2D eigenvalue weighted by Gasteiger charge is -2.37. The fourth-order valence-electron chi connectivity index (χ4n) is 2.60. The molecule has 5 heteroatoms. The standard InChI is InChI=1S/C14H22ClN3O/c1-3-4-10-9-16-13(15)17-12(10)18-14(2)7-5-11(19)6-8-14/h9,11,19H,3-8H2,1-2H3,(H,16,17,18). The summed E-state index contributed by atoms with van der Waals surface area (Å²) in [5, 5.41) is 13.4. The molecule has 0 amide bonds. The van der Waals surface area contributed by atoms with E-state index >= 15 is 0 Å². The number of aliphatic hydroxyl groups is 1. The molecule has 0 spiro atoms. The molecule has 0 bridgehead atoms. The smallest absolute Gasteiger partial charge is 0.224 e. The maximum absolute atomic E-state index is 9.62. The number of rotatable bonds is 4. The van der Waals surface area contributed by atoms with Crippen molar-refractivity contribution < 1.29 is 5.11 Å². The lowest BCUT2D eigenvalue weighted by molar-refractivity contribution is 0.108. The van der Waals surface area contributed by atoms with Crippen LogP contribution in [-0.4, -0.2) is 26.7 Å². The van der Waals surface area contributed by atoms with E-state index in [-0.39, 0.29) is 16.9 Å². The third kappa shape index (κ3) is 3.80. The summed E-state index contributed by atoms with van der Waals surface area (Å²) in [5.74, 6) is 0.848. The van der Waals surface area contributed by atoms with E-state index in [1.807, 2.05) is 6.20 Å². The summed E-state index contributed by atoms with van der Waals surface area (Å²) in [5.41, 5.74) is 1.10. The monoisotopic (exact) mass is 283 g/mol. The maximum atomic E-state index is 9.62. The number of halogens is 1. The van der Waals surface area contributed by atoms with E-state index in [0.29, 0.717) is 0 Å². The van der Waals surface area contributed by atoms with E-state index < -0.39 is 0 Å². The molecule has 2 rings (SSSR count). The van der Waals surface area contributed by atoms with E-state index in [4.69, 9.17) is 11.6 Å². The average molecular weight is 284 g/mol. The molecular weight excluding hydrogens is 262 g/mol. The summed E-state index contributed by atoms with van der Waals surface area (Å²) in [6.07, 6.45) is 7.22. The maximum Gasteiger partial charge on any atom is 0.224 e. The van der Waals surface area contributed by atoms with Crippen molar-refractivity contribution in [2.45, 2.75) is 64.0 Å². The summed E-state index contributed by atoms with van der Waals surface area (Å²) in [6, 6.07) is 0. The van der Waals surface area contributed by atoms with Crippen LogP contribution in [0.3, 0.4) is 0 Å². The van der Waals surface area contributed by atoms with Crippen molar-refractivity contribution in [2.75, 3.05) is 5.32 Å². The molecule has 2 N–H and O–H groups in total. The Kier molecular flexibility index (Phi) is 4.63. The second-order valence-electron chi connectivity index (χ2n) is 5.68. The highest BCUT2D eigenvalue weighted by molar-refractivity contribution is 6.28. The first kappa shape index (κ1) is 14.5. The first-order chi connectivity index (χ1) is 9.02. The Morgan fingerprint density at radius 2 is 2.16 bits per heavy atom. The third-order valence-corrected chi connectivity index (χ3v) is 4.02. The minimum Gasteiger partial charge on any atom is -0.393 e. The summed E-state index contributed by atoms with van der Waals surface area (Å²) >= 11 is 5.90. The molecule has 0 radical (unpaired) electrons. The predicted octanol–water partition coefficient (Wildman–Crippen LogP) is 3.19. The van der Waals surface area contributed by atoms with Crippen LogP contribution in [0, 0.1) is 0 Å². The number of aromatic nitrogens is 2. The van der Waals surface area contributed by atoms with Crippen LogP contribution in [0.1, 0.15) is 51.5 Å². The van der Waals surface area contributed by atoms with Gasteiger partial charge in [-0.1, -0.05) is 13.3 Å². The summed E-state index contributed by atoms with van der Waals surface area (Å²) in [6.45, 7) is 4.32. The Hall–Kier alpha value is -0.870. The molecule has 1 aromatic heterocycles. The fourth-order valence-corrected chi connectivity index (χ4v) is 2.73. The number of hydrogen-bond acceptors (Lipinski definition) is 4. The Balaban J connectivity index is 2.15. The van der Waals surface area contributed by atoms with Crippen LogP contribution in [0.15, 0.2) is 6.20 Å². The van der Waals surface area contributed by atoms with Crippen molar-refractivity contribution in [3.63, 3.8) is 0 Å². The number of hydrogen-bond donors (Lipinski definition) is 2. The van der Waals surface area contributed by atoms with Gasteiger partial charge in [0.25, 0.3) is 0 Å². The molecule has 1 aliphatic carbocycles. The summed E-state index contributed by atoms with van der Waals surface area (Å²) in [7, 11) is 0. The molecule has 1 aromatic rings. The van der Waals surface area contributed by atoms with Crippen LogP contribution >= 0.6 is 11.6 Å². The van der Waals surface area contributed by atoms with E-state index in [1.165, 1.54) is 0 Å². The van der Waals surface area contributed by atoms with Gasteiger partial charge in [0.05, 0.1) is 6.10 Å². The second-order valence-corrected chi connectivity index (χ2v) is 6.02. The summed E-state index contributed by atoms with van der Waals surface area (Å²) < 4.78 is 0. The molecule has 0 saturated heterocycles. The molecule has 19 heavy (non-hydrogen) atoms. The third-order valence-electron chi connectivity index (χ3n) is 3.83. The van der Waals surface area contributed by atoms with E-state index in [2.05, 4.69) is 29.1 Å². The number of aryl methyl sites for hydroxylation is 1. The Morgan fingerprint density at radius 1 is 1.47 bits per heavy atom. The lowest BCUT2D eigenvalue weighted by Crippen LogP contribution is -2.40. The molecule has 1 fully saturated rings. The minimum absolute atomic E-state index is 0.0145. The van der Waals surface area contributed by atoms with Crippen LogP contribution in [-0.2, 0) is 6.42 Å². The van der Waals surface area contributed by atoms with Gasteiger partial charge in [-0.15, -0.1) is 0 Å². The highest BCUT2D eigenvalue weighted by Gasteiger charge is 2.31. The van der Waals surface area contributed by atoms with Gasteiger partial charge in [0.2, 0.25) is 5.28 Å². The number of nitrogens with one attached hydrogen (secondary N) is 1. The van der Waals surface area contributed by atoms with Crippen LogP contribution in [0.4, 0.5) is 5.82 Å². The molecule has 0 aromatic carbocycles. The number of nitrogens with zero attached hydrogens (tertiary/aromatic N) is 2. The number of anilines is 1. The number of aliphatic hydroxyl groups excluding tert-OH is 1. The van der Waals surface area contributed by atoms with Gasteiger partial charge in [0.1, 0.15) is 5.82 Å². The van der Waals surface area contributed by atoms with Gasteiger partial charge < -0.3 is 10.4 Å². The van der Waals surface area contributed by atoms with Crippen LogP contribution in [0.5, 0.6) is 0 Å². The fraction of sp³-hybridized carbons (Fsp3) is 0.714. The Labute approximate surface area is 119 Å². The minimum atomic E-state index is -0.154.